The third kappa shape index (κ3) is 5.19. The number of nitrogens with zero attached hydrogens (tertiary/aromatic N) is 1. The van der Waals surface area contributed by atoms with Crippen LogP contribution in [0.5, 0.6) is 11.5 Å². The molecule has 4 aromatic rings. The van der Waals surface area contributed by atoms with Gasteiger partial charge in [-0.3, -0.25) is 9.10 Å². The average molecular weight is 499 g/mol. The van der Waals surface area contributed by atoms with Crippen LogP contribution in [0.4, 0.5) is 11.4 Å². The van der Waals surface area contributed by atoms with Crippen LogP contribution < -0.4 is 14.4 Å². The van der Waals surface area contributed by atoms with Crippen molar-refractivity contribution in [3.05, 3.63) is 101 Å². The van der Waals surface area contributed by atoms with Gasteiger partial charge in [-0.05, 0) is 66.0 Å². The molecule has 0 unspecified atom stereocenters. The molecule has 0 spiro atoms. The Hall–Kier alpha value is -3.33. The fourth-order valence-corrected chi connectivity index (χ4v) is 5.53. The molecule has 1 aromatic heterocycles. The number of hydrogen-bond acceptors (Lipinski definition) is 5. The highest BCUT2D eigenvalue weighted by molar-refractivity contribution is 7.94. The molecule has 0 radical (unpaired) electrons. The standard InChI is InChI=1S/C24H19ClN2O4S2/c1-27(33(29,30)23-8-5-15-32-23)19-12-9-17(10-13-19)24(28)26-21-16-18(25)11-14-22(21)31-20-6-3-2-4-7-20/h2-16H,1H3,(H,26,28). The summed E-state index contributed by atoms with van der Waals surface area (Å²) in [7, 11) is -2.17. The number of nitrogens with one attached hydrogen (secondary N) is 1. The second-order valence-electron chi connectivity index (χ2n) is 6.96. The fraction of sp³-hybridized carbons (Fsp3) is 0.0417. The number of rotatable bonds is 7. The number of thiophene rings is 1. The zero-order valence-corrected chi connectivity index (χ0v) is 19.8. The third-order valence-electron chi connectivity index (χ3n) is 4.76. The van der Waals surface area contributed by atoms with Crippen molar-refractivity contribution in [1.82, 2.24) is 0 Å². The molecule has 1 N–H and O–H groups in total. The first-order valence-corrected chi connectivity index (χ1v) is 12.5. The first-order chi connectivity index (χ1) is 15.8. The summed E-state index contributed by atoms with van der Waals surface area (Å²) in [6, 6.07) is 23.7. The second kappa shape index (κ2) is 9.66. The quantitative estimate of drug-likeness (QED) is 0.326. The number of carbonyl (C=O) groups excluding carboxylic acids is 1. The monoisotopic (exact) mass is 498 g/mol. The summed E-state index contributed by atoms with van der Waals surface area (Å²) in [5.41, 5.74) is 1.21. The van der Waals surface area contributed by atoms with Gasteiger partial charge in [-0.15, -0.1) is 11.3 Å². The largest absolute Gasteiger partial charge is 0.455 e. The van der Waals surface area contributed by atoms with Crippen molar-refractivity contribution >= 4 is 50.2 Å². The SMILES string of the molecule is CN(c1ccc(C(=O)Nc2cc(Cl)ccc2Oc2ccccc2)cc1)S(=O)(=O)c1cccs1. The van der Waals surface area contributed by atoms with Crippen LogP contribution in [0, 0.1) is 0 Å². The van der Waals surface area contributed by atoms with Gasteiger partial charge in [0, 0.05) is 17.6 Å². The van der Waals surface area contributed by atoms with Gasteiger partial charge in [-0.1, -0.05) is 35.9 Å². The van der Waals surface area contributed by atoms with Crippen molar-refractivity contribution in [2.24, 2.45) is 0 Å². The minimum absolute atomic E-state index is 0.249. The number of para-hydroxylation sites is 1. The van der Waals surface area contributed by atoms with Crippen molar-refractivity contribution < 1.29 is 17.9 Å². The molecule has 33 heavy (non-hydrogen) atoms. The Bertz CT molecular complexity index is 1360. The van der Waals surface area contributed by atoms with E-state index in [2.05, 4.69) is 5.32 Å². The predicted molar refractivity (Wildman–Crippen MR) is 132 cm³/mol. The molecule has 0 fully saturated rings. The maximum Gasteiger partial charge on any atom is 0.273 e. The topological polar surface area (TPSA) is 75.7 Å². The summed E-state index contributed by atoms with van der Waals surface area (Å²) >= 11 is 7.27. The minimum Gasteiger partial charge on any atom is -0.455 e. The van der Waals surface area contributed by atoms with Gasteiger partial charge in [0.15, 0.2) is 5.75 Å². The molecule has 0 aliphatic carbocycles. The lowest BCUT2D eigenvalue weighted by molar-refractivity contribution is 0.102. The molecule has 0 aliphatic heterocycles. The lowest BCUT2D eigenvalue weighted by Gasteiger charge is -2.18. The lowest BCUT2D eigenvalue weighted by Crippen LogP contribution is -2.25. The van der Waals surface area contributed by atoms with Crippen molar-refractivity contribution in [3.63, 3.8) is 0 Å². The molecule has 1 amide bonds. The summed E-state index contributed by atoms with van der Waals surface area (Å²) in [6.07, 6.45) is 0. The predicted octanol–water partition coefficient (Wildman–Crippen LogP) is 6.27. The third-order valence-corrected chi connectivity index (χ3v) is 8.16. The number of anilines is 2. The van der Waals surface area contributed by atoms with Crippen LogP contribution >= 0.6 is 22.9 Å². The van der Waals surface area contributed by atoms with E-state index >= 15 is 0 Å². The molecule has 168 valence electrons. The molecular formula is C24H19ClN2O4S2. The maximum absolute atomic E-state index is 12.9. The number of halogens is 1. The zero-order valence-electron chi connectivity index (χ0n) is 17.4. The smallest absolute Gasteiger partial charge is 0.273 e. The van der Waals surface area contributed by atoms with Gasteiger partial charge in [0.2, 0.25) is 0 Å². The molecule has 0 bridgehead atoms. The number of ether oxygens (including phenoxy) is 1. The Balaban J connectivity index is 1.52. The van der Waals surface area contributed by atoms with Crippen LogP contribution in [0.2, 0.25) is 5.02 Å². The van der Waals surface area contributed by atoms with Gasteiger partial charge in [-0.25, -0.2) is 8.42 Å². The number of benzene rings is 3. The van der Waals surface area contributed by atoms with Gasteiger partial charge in [-0.2, -0.15) is 0 Å². The summed E-state index contributed by atoms with van der Waals surface area (Å²) < 4.78 is 32.7. The highest BCUT2D eigenvalue weighted by Gasteiger charge is 2.22. The van der Waals surface area contributed by atoms with E-state index in [0.717, 1.165) is 11.3 Å². The van der Waals surface area contributed by atoms with Crippen LogP contribution in [-0.4, -0.2) is 21.4 Å². The number of hydrogen-bond donors (Lipinski definition) is 1. The Morgan fingerprint density at radius 3 is 2.36 bits per heavy atom. The van der Waals surface area contributed by atoms with Crippen LogP contribution in [0.15, 0.2) is 94.5 Å². The number of sulfonamides is 1. The average Bonchev–Trinajstić information content (AvgIpc) is 3.37. The summed E-state index contributed by atoms with van der Waals surface area (Å²) in [6.45, 7) is 0. The second-order valence-corrected chi connectivity index (χ2v) is 10.5. The molecule has 1 heterocycles. The molecule has 9 heteroatoms. The summed E-state index contributed by atoms with van der Waals surface area (Å²) in [5, 5.41) is 4.96. The van der Waals surface area contributed by atoms with Crippen molar-refractivity contribution in [2.75, 3.05) is 16.7 Å². The Labute approximate surface area is 201 Å². The van der Waals surface area contributed by atoms with E-state index in [1.807, 2.05) is 18.2 Å². The van der Waals surface area contributed by atoms with Crippen LogP contribution in [-0.2, 0) is 10.0 Å². The molecule has 0 saturated carbocycles. The van der Waals surface area contributed by atoms with Crippen LogP contribution in [0.1, 0.15) is 10.4 Å². The molecule has 4 rings (SSSR count). The molecule has 3 aromatic carbocycles. The van der Waals surface area contributed by atoms with Crippen molar-refractivity contribution in [1.29, 1.82) is 0 Å². The van der Waals surface area contributed by atoms with Crippen LogP contribution in [0.3, 0.4) is 0 Å². The molecule has 0 saturated heterocycles. The van der Waals surface area contributed by atoms with Gasteiger partial charge >= 0.3 is 0 Å². The zero-order chi connectivity index (χ0) is 23.4. The first-order valence-electron chi connectivity index (χ1n) is 9.81. The highest BCUT2D eigenvalue weighted by Crippen LogP contribution is 2.32. The van der Waals surface area contributed by atoms with E-state index < -0.39 is 10.0 Å². The van der Waals surface area contributed by atoms with E-state index in [-0.39, 0.29) is 10.1 Å². The number of carbonyl (C=O) groups is 1. The van der Waals surface area contributed by atoms with E-state index in [0.29, 0.717) is 33.5 Å². The molecular weight excluding hydrogens is 480 g/mol. The highest BCUT2D eigenvalue weighted by atomic mass is 35.5. The van der Waals surface area contributed by atoms with Gasteiger partial charge in [0.1, 0.15) is 9.96 Å². The Kier molecular flexibility index (Phi) is 6.69. The first kappa shape index (κ1) is 22.8. The summed E-state index contributed by atoms with van der Waals surface area (Å²) in [4.78, 5) is 12.9. The summed E-state index contributed by atoms with van der Waals surface area (Å²) in [5.74, 6) is 0.678. The lowest BCUT2D eigenvalue weighted by atomic mass is 10.2. The fourth-order valence-electron chi connectivity index (χ4n) is 3.01. The van der Waals surface area contributed by atoms with Gasteiger partial charge in [0.05, 0.1) is 11.4 Å². The van der Waals surface area contributed by atoms with Gasteiger partial charge in [0.25, 0.3) is 15.9 Å². The van der Waals surface area contributed by atoms with Crippen molar-refractivity contribution in [2.45, 2.75) is 4.21 Å². The van der Waals surface area contributed by atoms with E-state index in [9.17, 15) is 13.2 Å². The van der Waals surface area contributed by atoms with Gasteiger partial charge < -0.3 is 10.1 Å². The molecule has 6 nitrogen and oxygen atoms in total. The van der Waals surface area contributed by atoms with E-state index in [1.54, 1.807) is 72.1 Å². The minimum atomic E-state index is -3.65. The van der Waals surface area contributed by atoms with Crippen molar-refractivity contribution in [3.8, 4) is 11.5 Å². The molecule has 0 atom stereocenters. The number of amides is 1. The molecule has 0 aliphatic rings. The van der Waals surface area contributed by atoms with Crippen LogP contribution in [0.25, 0.3) is 0 Å². The normalized spacial score (nSPS) is 11.1. The van der Waals surface area contributed by atoms with E-state index in [1.165, 1.54) is 11.4 Å². The maximum atomic E-state index is 12.9. The Morgan fingerprint density at radius 1 is 0.970 bits per heavy atom. The Morgan fingerprint density at radius 2 is 1.70 bits per heavy atom. The van der Waals surface area contributed by atoms with E-state index in [4.69, 9.17) is 16.3 Å².